The number of sulfonamides is 2. The Labute approximate surface area is 496 Å². The van der Waals surface area contributed by atoms with E-state index in [9.17, 15) is 34.4 Å². The summed E-state index contributed by atoms with van der Waals surface area (Å²) in [7, 11) is -15.4. The van der Waals surface area contributed by atoms with Gasteiger partial charge in [0.1, 0.15) is 17.8 Å². The first-order valence-electron chi connectivity index (χ1n) is 26.6. The Balaban J connectivity index is 0.000000192. The van der Waals surface area contributed by atoms with Gasteiger partial charge in [0, 0.05) is 33.7 Å². The van der Waals surface area contributed by atoms with Crippen LogP contribution in [0.5, 0.6) is 11.5 Å². The summed E-state index contributed by atoms with van der Waals surface area (Å²) in [6.07, 6.45) is 1.07. The quantitative estimate of drug-likeness (QED) is 0.0288. The Kier molecular flexibility index (Phi) is 22.1. The van der Waals surface area contributed by atoms with E-state index in [0.29, 0.717) is 22.9 Å². The Hall–Kier alpha value is -7.21. The molecule has 0 unspecified atom stereocenters. The lowest BCUT2D eigenvalue weighted by Crippen LogP contribution is -2.31. The maximum Gasteiger partial charge on any atom is 0.357 e. The zero-order chi connectivity index (χ0) is 61.6. The second-order valence-electron chi connectivity index (χ2n) is 18.6. The van der Waals surface area contributed by atoms with Crippen molar-refractivity contribution in [2.24, 2.45) is 0 Å². The van der Waals surface area contributed by atoms with Gasteiger partial charge in [0.15, 0.2) is 6.35 Å². The molecule has 2 heterocycles. The number of nitrogens with one attached hydrogen (secondary N) is 3. The number of aromatic nitrogens is 2. The van der Waals surface area contributed by atoms with Crippen LogP contribution in [0.25, 0.3) is 43.6 Å². The zero-order valence-electron chi connectivity index (χ0n) is 48.3. The zero-order valence-corrected chi connectivity index (χ0v) is 52.6. The van der Waals surface area contributed by atoms with Gasteiger partial charge >= 0.3 is 15.2 Å². The van der Waals surface area contributed by atoms with Crippen molar-refractivity contribution in [3.63, 3.8) is 0 Å². The molecule has 0 saturated carbocycles. The topological polar surface area (TPSA) is 266 Å². The fourth-order valence-electron chi connectivity index (χ4n) is 8.69. The molecule has 3 N–H and O–H groups in total. The number of rotatable bonds is 24. The lowest BCUT2D eigenvalue weighted by atomic mass is 10.1. The van der Waals surface area contributed by atoms with Crippen molar-refractivity contribution in [3.8, 4) is 11.5 Å². The Morgan fingerprint density at radius 2 is 0.906 bits per heavy atom. The number of nitrogens with zero attached hydrogens (tertiary/aromatic N) is 3. The van der Waals surface area contributed by atoms with Gasteiger partial charge in [-0.15, -0.1) is 0 Å². The third-order valence-electron chi connectivity index (χ3n) is 12.4. The first kappa shape index (κ1) is 65.3. The van der Waals surface area contributed by atoms with Crippen molar-refractivity contribution >= 4 is 123 Å². The summed E-state index contributed by atoms with van der Waals surface area (Å²) in [5.41, 5.74) is 8.21. The van der Waals surface area contributed by atoms with Gasteiger partial charge in [-0.1, -0.05) is 90.5 Å². The van der Waals surface area contributed by atoms with Gasteiger partial charge in [-0.25, -0.2) is 26.8 Å². The third-order valence-corrected chi connectivity index (χ3v) is 19.4. The standard InChI is InChI=1S/C26H30N3O6PS.C21H19N3O3S.C12H19O6PS/c1-5-34-36(30,35-6-2)18-29(37(4,31)32)19-15-16-24(25(17-19)33-3)28-26-20-11-7-9-13-22(20)27-23-14-10-8-12-21(23)26;1-27-20-13-14(24-28(2,25)26)11-12-19(20)23-21-15-7-3-5-9-17(15)22-18-10-6-4-8-16(18)21;1-4-16-19(13,17-5-2)10-18-20(14,15)12-8-6-11(3)7-9-12/h7-17H,5-6,18H2,1-4H3,(H,27,28);3-13,24H,1-2H3,(H,22,23);6-9H,4-5,10H2,1-3H3. The van der Waals surface area contributed by atoms with Crippen LogP contribution in [0.3, 0.4) is 0 Å². The molecule has 9 rings (SSSR count). The van der Waals surface area contributed by atoms with Crippen LogP contribution >= 0.6 is 15.2 Å². The maximum absolute atomic E-state index is 13.2. The number of fused-ring (bicyclic) bond motifs is 4. The van der Waals surface area contributed by atoms with Crippen molar-refractivity contribution in [1.29, 1.82) is 0 Å². The molecule has 452 valence electrons. The minimum Gasteiger partial charge on any atom is -0.494 e. The van der Waals surface area contributed by atoms with Gasteiger partial charge in [0.25, 0.3) is 10.1 Å². The maximum atomic E-state index is 13.2. The summed E-state index contributed by atoms with van der Waals surface area (Å²) < 4.78 is 138. The van der Waals surface area contributed by atoms with Crippen LogP contribution in [0.15, 0.2) is 163 Å². The molecule has 0 atom stereocenters. The molecule has 0 fully saturated rings. The van der Waals surface area contributed by atoms with Crippen molar-refractivity contribution in [2.45, 2.75) is 39.5 Å². The number of para-hydroxylation sites is 4. The van der Waals surface area contributed by atoms with Crippen LogP contribution in [0, 0.1) is 6.92 Å². The van der Waals surface area contributed by atoms with Crippen LogP contribution < -0.4 is 29.1 Å². The number of ether oxygens (including phenoxy) is 2. The van der Waals surface area contributed by atoms with Gasteiger partial charge in [-0.3, -0.25) is 22.3 Å². The number of benzene rings is 7. The molecule has 85 heavy (non-hydrogen) atoms. The molecular formula is C59H68N6O15P2S3. The summed E-state index contributed by atoms with van der Waals surface area (Å²) in [6, 6.07) is 47.7. The predicted molar refractivity (Wildman–Crippen MR) is 338 cm³/mol. The summed E-state index contributed by atoms with van der Waals surface area (Å²) in [5.74, 6) is 0.928. The molecule has 0 amide bonds. The molecular weight excluding hydrogens is 1190 g/mol. The highest BCUT2D eigenvalue weighted by Gasteiger charge is 2.33. The van der Waals surface area contributed by atoms with E-state index in [-0.39, 0.29) is 37.0 Å². The molecule has 21 nitrogen and oxygen atoms in total. The highest BCUT2D eigenvalue weighted by Crippen LogP contribution is 2.51. The van der Waals surface area contributed by atoms with Gasteiger partial charge in [-0.2, -0.15) is 8.42 Å². The molecule has 0 saturated heterocycles. The van der Waals surface area contributed by atoms with Crippen molar-refractivity contribution < 1.29 is 66.1 Å². The second kappa shape index (κ2) is 28.8. The monoisotopic (exact) mass is 1260 g/mol. The Morgan fingerprint density at radius 3 is 1.31 bits per heavy atom. The van der Waals surface area contributed by atoms with E-state index in [2.05, 4.69) is 15.4 Å². The highest BCUT2D eigenvalue weighted by molar-refractivity contribution is 7.92. The number of anilines is 6. The number of methoxy groups -OCH3 is 2. The average Bonchev–Trinajstić information content (AvgIpc) is 2.25. The Morgan fingerprint density at radius 1 is 0.506 bits per heavy atom. The first-order valence-corrected chi connectivity index (χ1v) is 35.2. The van der Waals surface area contributed by atoms with E-state index in [0.717, 1.165) is 83.1 Å². The molecule has 2 aromatic heterocycles. The summed E-state index contributed by atoms with van der Waals surface area (Å²) in [4.78, 5) is 9.49. The van der Waals surface area contributed by atoms with Crippen molar-refractivity contribution in [2.75, 3.05) is 85.5 Å². The third kappa shape index (κ3) is 17.3. The highest BCUT2D eigenvalue weighted by atomic mass is 32.2. The molecule has 0 bridgehead atoms. The number of hydrogen-bond donors (Lipinski definition) is 3. The SMILES string of the molecule is CCOP(=O)(CN(c1ccc(Nc2c3ccccc3nc3ccccc23)c(OC)c1)S(C)(=O)=O)OCC.CCOP(=O)(COS(=O)(=O)c1ccc(C)cc1)OCC.COc1cc(NS(C)(=O)=O)ccc1Nc1c2ccccc2nc2ccccc12. The molecule has 0 radical (unpaired) electrons. The van der Waals surface area contributed by atoms with Crippen LogP contribution in [0.4, 0.5) is 34.1 Å². The Bertz CT molecular complexity index is 4130. The second-order valence-corrected chi connectivity index (χ2v) is 27.9. The van der Waals surface area contributed by atoms with Crippen LogP contribution in [-0.4, -0.2) is 101 Å². The van der Waals surface area contributed by atoms with Gasteiger partial charge in [0.05, 0.1) is 114 Å². The molecule has 9 aromatic rings. The lowest BCUT2D eigenvalue weighted by Gasteiger charge is -2.27. The molecule has 0 spiro atoms. The summed E-state index contributed by atoms with van der Waals surface area (Å²) in [5, 5.41) is 10.8. The predicted octanol–water partition coefficient (Wildman–Crippen LogP) is 13.6. The minimum atomic E-state index is -3.98. The summed E-state index contributed by atoms with van der Waals surface area (Å²) in [6.45, 7) is 9.00. The van der Waals surface area contributed by atoms with E-state index >= 15 is 0 Å². The normalized spacial score (nSPS) is 12.0. The van der Waals surface area contributed by atoms with E-state index in [1.165, 1.54) is 19.2 Å². The van der Waals surface area contributed by atoms with E-state index in [4.69, 9.17) is 41.7 Å². The molecule has 7 aromatic carbocycles. The number of pyridine rings is 2. The largest absolute Gasteiger partial charge is 0.494 e. The fourth-order valence-corrected chi connectivity index (χ4v) is 15.2. The van der Waals surface area contributed by atoms with Crippen LogP contribution in [0.2, 0.25) is 0 Å². The van der Waals surface area contributed by atoms with Crippen molar-refractivity contribution in [1.82, 2.24) is 9.97 Å². The molecule has 0 aliphatic heterocycles. The first-order chi connectivity index (χ1) is 40.5. The average molecular weight is 1260 g/mol. The van der Waals surface area contributed by atoms with E-state index in [1.54, 1.807) is 83.3 Å². The van der Waals surface area contributed by atoms with E-state index < -0.39 is 58.0 Å². The van der Waals surface area contributed by atoms with E-state index in [1.807, 2.05) is 104 Å². The number of hydrogen-bond acceptors (Lipinski definition) is 19. The van der Waals surface area contributed by atoms with Gasteiger partial charge in [-0.05, 0) is 95.3 Å². The fraction of sp³-hybridized carbons (Fsp3) is 0.254. The molecule has 0 aliphatic carbocycles. The smallest absolute Gasteiger partial charge is 0.357 e. The lowest BCUT2D eigenvalue weighted by molar-refractivity contribution is 0.198. The van der Waals surface area contributed by atoms with Crippen molar-refractivity contribution in [3.05, 3.63) is 163 Å². The van der Waals surface area contributed by atoms with Crippen LogP contribution in [0.1, 0.15) is 33.3 Å². The molecule has 0 aliphatic rings. The minimum absolute atomic E-state index is 0.00245. The summed E-state index contributed by atoms with van der Waals surface area (Å²) >= 11 is 0. The van der Waals surface area contributed by atoms with Gasteiger partial charge in [0.2, 0.25) is 20.0 Å². The molecule has 26 heteroatoms. The van der Waals surface area contributed by atoms with Crippen LogP contribution in [-0.2, 0) is 61.6 Å². The van der Waals surface area contributed by atoms with Gasteiger partial charge < -0.3 is 38.2 Å². The number of aryl methyl sites for hydroxylation is 1.